The maximum Gasteiger partial charge on any atom is 0.246 e. The van der Waals surface area contributed by atoms with Crippen molar-refractivity contribution < 1.29 is 9.53 Å². The van der Waals surface area contributed by atoms with Crippen molar-refractivity contribution in [2.75, 3.05) is 38.2 Å². The van der Waals surface area contributed by atoms with Gasteiger partial charge in [0.2, 0.25) is 5.91 Å². The fourth-order valence-electron chi connectivity index (χ4n) is 3.26. The number of rotatable bonds is 4. The lowest BCUT2D eigenvalue weighted by molar-refractivity contribution is -0.126. The van der Waals surface area contributed by atoms with Crippen molar-refractivity contribution in [3.63, 3.8) is 0 Å². The summed E-state index contributed by atoms with van der Waals surface area (Å²) in [4.78, 5) is 16.8. The van der Waals surface area contributed by atoms with Crippen molar-refractivity contribution >= 4 is 17.7 Å². The zero-order valence-electron chi connectivity index (χ0n) is 15.7. The molecule has 1 fully saturated rings. The van der Waals surface area contributed by atoms with E-state index in [1.54, 1.807) is 13.2 Å². The fraction of sp³-hybridized carbons (Fsp3) is 0.318. The topological polar surface area (TPSA) is 32.8 Å². The van der Waals surface area contributed by atoms with E-state index in [2.05, 4.69) is 36.9 Å². The maximum atomic E-state index is 12.5. The minimum absolute atomic E-state index is 0.0634. The molecule has 4 nitrogen and oxygen atoms in total. The predicted molar refractivity (Wildman–Crippen MR) is 107 cm³/mol. The zero-order chi connectivity index (χ0) is 18.5. The zero-order valence-corrected chi connectivity index (χ0v) is 15.7. The predicted octanol–water partition coefficient (Wildman–Crippen LogP) is 3.67. The molecule has 0 aromatic heterocycles. The van der Waals surface area contributed by atoms with Gasteiger partial charge in [0.25, 0.3) is 0 Å². The Balaban J connectivity index is 1.59. The van der Waals surface area contributed by atoms with Crippen LogP contribution in [0, 0.1) is 13.8 Å². The van der Waals surface area contributed by atoms with Crippen molar-refractivity contribution in [3.8, 4) is 5.75 Å². The highest BCUT2D eigenvalue weighted by Gasteiger charge is 2.20. The molecule has 0 unspecified atom stereocenters. The Bertz CT molecular complexity index is 806. The van der Waals surface area contributed by atoms with Crippen LogP contribution in [-0.4, -0.2) is 44.1 Å². The number of carbonyl (C=O) groups excluding carboxylic acids is 1. The molecule has 0 aliphatic carbocycles. The first-order valence-corrected chi connectivity index (χ1v) is 9.00. The van der Waals surface area contributed by atoms with Crippen molar-refractivity contribution in [1.29, 1.82) is 0 Å². The summed E-state index contributed by atoms with van der Waals surface area (Å²) >= 11 is 0. The van der Waals surface area contributed by atoms with Crippen LogP contribution in [0.2, 0.25) is 0 Å². The second kappa shape index (κ2) is 8.09. The first-order valence-electron chi connectivity index (χ1n) is 9.00. The van der Waals surface area contributed by atoms with Crippen molar-refractivity contribution in [2.24, 2.45) is 0 Å². The van der Waals surface area contributed by atoms with Gasteiger partial charge < -0.3 is 14.5 Å². The van der Waals surface area contributed by atoms with E-state index in [9.17, 15) is 4.79 Å². The summed E-state index contributed by atoms with van der Waals surface area (Å²) < 4.78 is 5.22. The summed E-state index contributed by atoms with van der Waals surface area (Å²) in [6.07, 6.45) is 3.50. The molecule has 1 amide bonds. The lowest BCUT2D eigenvalue weighted by Crippen LogP contribution is -2.48. The molecule has 0 spiro atoms. The van der Waals surface area contributed by atoms with Gasteiger partial charge in [-0.1, -0.05) is 24.3 Å². The Kier molecular flexibility index (Phi) is 5.61. The van der Waals surface area contributed by atoms with Gasteiger partial charge in [0.15, 0.2) is 0 Å². The molecule has 0 atom stereocenters. The van der Waals surface area contributed by atoms with E-state index in [1.807, 2.05) is 35.2 Å². The number of methoxy groups -OCH3 is 1. The molecule has 1 heterocycles. The Morgan fingerprint density at radius 2 is 1.77 bits per heavy atom. The molecule has 1 aliphatic rings. The molecule has 3 rings (SSSR count). The Labute approximate surface area is 155 Å². The SMILES string of the molecule is COc1cccc(C=CC(=O)N2CCN(c3cccc(C)c3C)CC2)c1. The number of hydrogen-bond acceptors (Lipinski definition) is 3. The highest BCUT2D eigenvalue weighted by molar-refractivity contribution is 5.92. The van der Waals surface area contributed by atoms with Gasteiger partial charge in [-0.3, -0.25) is 4.79 Å². The molecular formula is C22H26N2O2. The molecule has 1 aliphatic heterocycles. The van der Waals surface area contributed by atoms with Crippen molar-refractivity contribution in [3.05, 3.63) is 65.2 Å². The van der Waals surface area contributed by atoms with E-state index in [0.717, 1.165) is 37.5 Å². The monoisotopic (exact) mass is 350 g/mol. The summed E-state index contributed by atoms with van der Waals surface area (Å²) in [7, 11) is 1.64. The maximum absolute atomic E-state index is 12.5. The number of ether oxygens (including phenoxy) is 1. The molecule has 0 saturated carbocycles. The van der Waals surface area contributed by atoms with Crippen molar-refractivity contribution in [1.82, 2.24) is 4.90 Å². The summed E-state index contributed by atoms with van der Waals surface area (Å²) in [6, 6.07) is 14.1. The normalized spacial score (nSPS) is 14.7. The molecule has 0 N–H and O–H groups in total. The first-order chi connectivity index (χ1) is 12.6. The van der Waals surface area contributed by atoms with E-state index in [1.165, 1.54) is 16.8 Å². The van der Waals surface area contributed by atoms with Gasteiger partial charge in [-0.25, -0.2) is 0 Å². The number of amides is 1. The van der Waals surface area contributed by atoms with Crippen LogP contribution in [0.3, 0.4) is 0 Å². The van der Waals surface area contributed by atoms with Crippen LogP contribution in [0.1, 0.15) is 16.7 Å². The van der Waals surface area contributed by atoms with Gasteiger partial charge in [-0.2, -0.15) is 0 Å². The molecular weight excluding hydrogens is 324 g/mol. The van der Waals surface area contributed by atoms with Crippen LogP contribution < -0.4 is 9.64 Å². The first kappa shape index (κ1) is 18.1. The van der Waals surface area contributed by atoms with E-state index in [-0.39, 0.29) is 5.91 Å². The number of benzene rings is 2. The minimum Gasteiger partial charge on any atom is -0.497 e. The number of carbonyl (C=O) groups is 1. The minimum atomic E-state index is 0.0634. The highest BCUT2D eigenvalue weighted by Crippen LogP contribution is 2.24. The Morgan fingerprint density at radius 1 is 1.04 bits per heavy atom. The average Bonchev–Trinajstić information content (AvgIpc) is 2.68. The third kappa shape index (κ3) is 4.07. The highest BCUT2D eigenvalue weighted by atomic mass is 16.5. The smallest absolute Gasteiger partial charge is 0.246 e. The number of nitrogens with zero attached hydrogens (tertiary/aromatic N) is 2. The summed E-state index contributed by atoms with van der Waals surface area (Å²) in [5, 5.41) is 0. The van der Waals surface area contributed by atoms with Gasteiger partial charge in [-0.05, 0) is 54.8 Å². The number of anilines is 1. The van der Waals surface area contributed by atoms with Crippen LogP contribution in [0.4, 0.5) is 5.69 Å². The Hall–Kier alpha value is -2.75. The number of piperazine rings is 1. The average molecular weight is 350 g/mol. The number of hydrogen-bond donors (Lipinski definition) is 0. The van der Waals surface area contributed by atoms with Gasteiger partial charge in [0, 0.05) is 37.9 Å². The van der Waals surface area contributed by atoms with Crippen LogP contribution in [0.15, 0.2) is 48.5 Å². The third-order valence-electron chi connectivity index (χ3n) is 5.02. The van der Waals surface area contributed by atoms with E-state index in [0.29, 0.717) is 0 Å². The van der Waals surface area contributed by atoms with Crippen LogP contribution in [0.25, 0.3) is 6.08 Å². The summed E-state index contributed by atoms with van der Waals surface area (Å²) in [5.41, 5.74) is 4.88. The van der Waals surface area contributed by atoms with Gasteiger partial charge in [0.05, 0.1) is 7.11 Å². The van der Waals surface area contributed by atoms with E-state index in [4.69, 9.17) is 4.74 Å². The summed E-state index contributed by atoms with van der Waals surface area (Å²) in [6.45, 7) is 7.52. The summed E-state index contributed by atoms with van der Waals surface area (Å²) in [5.74, 6) is 0.857. The molecule has 1 saturated heterocycles. The lowest BCUT2D eigenvalue weighted by atomic mass is 10.1. The van der Waals surface area contributed by atoms with E-state index >= 15 is 0 Å². The van der Waals surface area contributed by atoms with Gasteiger partial charge >= 0.3 is 0 Å². The van der Waals surface area contributed by atoms with Crippen molar-refractivity contribution in [2.45, 2.75) is 13.8 Å². The third-order valence-corrected chi connectivity index (χ3v) is 5.02. The van der Waals surface area contributed by atoms with Gasteiger partial charge in [-0.15, -0.1) is 0 Å². The Morgan fingerprint density at radius 3 is 2.50 bits per heavy atom. The van der Waals surface area contributed by atoms with E-state index < -0.39 is 0 Å². The second-order valence-electron chi connectivity index (χ2n) is 6.64. The van der Waals surface area contributed by atoms with Crippen LogP contribution >= 0.6 is 0 Å². The molecule has 4 heteroatoms. The lowest BCUT2D eigenvalue weighted by Gasteiger charge is -2.36. The molecule has 0 radical (unpaired) electrons. The van der Waals surface area contributed by atoms with Gasteiger partial charge in [0.1, 0.15) is 5.75 Å². The molecule has 2 aromatic carbocycles. The molecule has 26 heavy (non-hydrogen) atoms. The second-order valence-corrected chi connectivity index (χ2v) is 6.64. The largest absolute Gasteiger partial charge is 0.497 e. The quantitative estimate of drug-likeness (QED) is 0.789. The number of aryl methyl sites for hydroxylation is 1. The molecule has 0 bridgehead atoms. The molecule has 136 valence electrons. The van der Waals surface area contributed by atoms with Crippen LogP contribution in [0.5, 0.6) is 5.75 Å². The fourth-order valence-corrected chi connectivity index (χ4v) is 3.26. The van der Waals surface area contributed by atoms with Crippen LogP contribution in [-0.2, 0) is 4.79 Å². The standard InChI is InChI=1S/C22H26N2O2/c1-17-6-4-9-21(18(17)2)23-12-14-24(15-13-23)22(25)11-10-19-7-5-8-20(16-19)26-3/h4-11,16H,12-15H2,1-3H3. The molecule has 2 aromatic rings.